The van der Waals surface area contributed by atoms with Crippen LogP contribution in [0.4, 0.5) is 0 Å². The number of nitrogens with one attached hydrogen (secondary N) is 1. The van der Waals surface area contributed by atoms with Crippen molar-refractivity contribution in [3.63, 3.8) is 0 Å². The second kappa shape index (κ2) is 6.89. The van der Waals surface area contributed by atoms with Gasteiger partial charge in [-0.2, -0.15) is 0 Å². The molecule has 0 radical (unpaired) electrons. The summed E-state index contributed by atoms with van der Waals surface area (Å²) in [5.41, 5.74) is 3.14. The van der Waals surface area contributed by atoms with Crippen molar-refractivity contribution in [2.45, 2.75) is 11.5 Å². The van der Waals surface area contributed by atoms with Gasteiger partial charge in [0.25, 0.3) is 0 Å². The van der Waals surface area contributed by atoms with E-state index in [4.69, 9.17) is 4.74 Å². The maximum atomic E-state index is 12.1. The summed E-state index contributed by atoms with van der Waals surface area (Å²) in [4.78, 5) is 8.10. The number of hydrogen-bond acceptors (Lipinski definition) is 4. The minimum Gasteiger partial charge on any atom is -0.486 e. The molecule has 4 aromatic rings. The van der Waals surface area contributed by atoms with Gasteiger partial charge in [-0.15, -0.1) is 0 Å². The van der Waals surface area contributed by atoms with E-state index >= 15 is 0 Å². The average molecular weight is 378 g/mol. The molecule has 0 aliphatic rings. The Morgan fingerprint density at radius 2 is 1.70 bits per heavy atom. The SMILES string of the molecule is CS(=O)(=O)c1ccccc1-c1ccc2nc(COc3ccccc3)[nH]c2c1. The molecule has 0 saturated heterocycles. The van der Waals surface area contributed by atoms with Crippen molar-refractivity contribution >= 4 is 20.9 Å². The van der Waals surface area contributed by atoms with E-state index in [1.807, 2.05) is 60.7 Å². The molecular weight excluding hydrogens is 360 g/mol. The number of benzene rings is 3. The number of fused-ring (bicyclic) bond motifs is 1. The number of para-hydroxylation sites is 1. The third kappa shape index (κ3) is 3.71. The van der Waals surface area contributed by atoms with Crippen molar-refractivity contribution < 1.29 is 13.2 Å². The first-order valence-corrected chi connectivity index (χ1v) is 10.4. The molecule has 27 heavy (non-hydrogen) atoms. The highest BCUT2D eigenvalue weighted by molar-refractivity contribution is 7.90. The Balaban J connectivity index is 1.66. The number of aromatic nitrogens is 2. The maximum Gasteiger partial charge on any atom is 0.176 e. The quantitative estimate of drug-likeness (QED) is 0.565. The second-order valence-corrected chi connectivity index (χ2v) is 8.27. The zero-order valence-electron chi connectivity index (χ0n) is 14.7. The number of nitrogens with zero attached hydrogens (tertiary/aromatic N) is 1. The van der Waals surface area contributed by atoms with Gasteiger partial charge in [0.05, 0.1) is 15.9 Å². The highest BCUT2D eigenvalue weighted by Crippen LogP contribution is 2.29. The molecule has 0 spiro atoms. The monoisotopic (exact) mass is 378 g/mol. The van der Waals surface area contributed by atoms with E-state index < -0.39 is 9.84 Å². The predicted molar refractivity (Wildman–Crippen MR) is 105 cm³/mol. The first-order chi connectivity index (χ1) is 13.0. The van der Waals surface area contributed by atoms with Gasteiger partial charge in [-0.1, -0.05) is 42.5 Å². The fraction of sp³-hybridized carbons (Fsp3) is 0.0952. The van der Waals surface area contributed by atoms with Crippen molar-refractivity contribution in [3.05, 3.63) is 78.6 Å². The summed E-state index contributed by atoms with van der Waals surface area (Å²) in [5, 5.41) is 0. The van der Waals surface area contributed by atoms with Gasteiger partial charge < -0.3 is 9.72 Å². The number of aromatic amines is 1. The molecule has 1 aromatic heterocycles. The van der Waals surface area contributed by atoms with Crippen molar-refractivity contribution in [2.75, 3.05) is 6.26 Å². The number of rotatable bonds is 5. The Morgan fingerprint density at radius 3 is 2.48 bits per heavy atom. The zero-order chi connectivity index (χ0) is 18.9. The lowest BCUT2D eigenvalue weighted by atomic mass is 10.1. The lowest BCUT2D eigenvalue weighted by Crippen LogP contribution is -1.99. The largest absolute Gasteiger partial charge is 0.486 e. The van der Waals surface area contributed by atoms with Gasteiger partial charge in [0.1, 0.15) is 18.2 Å². The molecule has 0 fully saturated rings. The van der Waals surface area contributed by atoms with Crippen LogP contribution < -0.4 is 4.74 Å². The molecule has 0 aliphatic heterocycles. The molecule has 0 unspecified atom stereocenters. The first kappa shape index (κ1) is 17.3. The summed E-state index contributed by atoms with van der Waals surface area (Å²) in [6.45, 7) is 0.327. The number of H-pyrrole nitrogens is 1. The summed E-state index contributed by atoms with van der Waals surface area (Å²) in [7, 11) is -3.31. The summed E-state index contributed by atoms with van der Waals surface area (Å²) >= 11 is 0. The third-order valence-corrected chi connectivity index (χ3v) is 5.40. The first-order valence-electron chi connectivity index (χ1n) is 8.47. The molecule has 0 aliphatic carbocycles. The lowest BCUT2D eigenvalue weighted by Gasteiger charge is -2.07. The second-order valence-electron chi connectivity index (χ2n) is 6.29. The lowest BCUT2D eigenvalue weighted by molar-refractivity contribution is 0.297. The minimum absolute atomic E-state index is 0.316. The third-order valence-electron chi connectivity index (χ3n) is 4.25. The van der Waals surface area contributed by atoms with E-state index in [9.17, 15) is 8.42 Å². The fourth-order valence-corrected chi connectivity index (χ4v) is 3.91. The van der Waals surface area contributed by atoms with E-state index in [1.165, 1.54) is 6.26 Å². The Labute approximate surface area is 157 Å². The molecule has 6 heteroatoms. The molecular formula is C21H18N2O3S. The summed E-state index contributed by atoms with van der Waals surface area (Å²) in [6, 6.07) is 22.2. The molecule has 1 heterocycles. The van der Waals surface area contributed by atoms with Crippen LogP contribution in [0.3, 0.4) is 0 Å². The number of sulfone groups is 1. The molecule has 0 saturated carbocycles. The van der Waals surface area contributed by atoms with Crippen LogP contribution >= 0.6 is 0 Å². The Morgan fingerprint density at radius 1 is 0.963 bits per heavy atom. The van der Waals surface area contributed by atoms with Crippen molar-refractivity contribution in [3.8, 4) is 16.9 Å². The van der Waals surface area contributed by atoms with Crippen LogP contribution in [-0.4, -0.2) is 24.6 Å². The molecule has 1 N–H and O–H groups in total. The van der Waals surface area contributed by atoms with E-state index in [2.05, 4.69) is 9.97 Å². The summed E-state index contributed by atoms with van der Waals surface area (Å²) < 4.78 is 29.9. The minimum atomic E-state index is -3.31. The van der Waals surface area contributed by atoms with Crippen molar-refractivity contribution in [1.82, 2.24) is 9.97 Å². The zero-order valence-corrected chi connectivity index (χ0v) is 15.5. The standard InChI is InChI=1S/C21H18N2O3S/c1-27(24,25)20-10-6-5-9-17(20)15-11-12-18-19(13-15)23-21(22-18)14-26-16-7-3-2-4-8-16/h2-13H,14H2,1H3,(H,22,23). The van der Waals surface area contributed by atoms with Gasteiger partial charge in [0.15, 0.2) is 9.84 Å². The molecule has 136 valence electrons. The molecule has 3 aromatic carbocycles. The van der Waals surface area contributed by atoms with E-state index in [-0.39, 0.29) is 0 Å². The van der Waals surface area contributed by atoms with Crippen LogP contribution in [0.2, 0.25) is 0 Å². The Hall–Kier alpha value is -3.12. The smallest absolute Gasteiger partial charge is 0.176 e. The van der Waals surface area contributed by atoms with E-state index in [1.54, 1.807) is 12.1 Å². The van der Waals surface area contributed by atoms with Gasteiger partial charge in [-0.25, -0.2) is 13.4 Å². The van der Waals surface area contributed by atoms with Crippen LogP contribution in [0.1, 0.15) is 5.82 Å². The number of hydrogen-bond donors (Lipinski definition) is 1. The van der Waals surface area contributed by atoms with E-state index in [0.717, 1.165) is 22.3 Å². The molecule has 4 rings (SSSR count). The predicted octanol–water partition coefficient (Wildman–Crippen LogP) is 4.21. The average Bonchev–Trinajstić information content (AvgIpc) is 3.08. The van der Waals surface area contributed by atoms with Crippen LogP contribution in [0.15, 0.2) is 77.7 Å². The molecule has 0 amide bonds. The normalized spacial score (nSPS) is 11.6. The number of ether oxygens (including phenoxy) is 1. The van der Waals surface area contributed by atoms with Crippen LogP contribution in [0.5, 0.6) is 5.75 Å². The van der Waals surface area contributed by atoms with E-state index in [0.29, 0.717) is 22.9 Å². The molecule has 5 nitrogen and oxygen atoms in total. The van der Waals surface area contributed by atoms with Gasteiger partial charge >= 0.3 is 0 Å². The molecule has 0 atom stereocenters. The van der Waals surface area contributed by atoms with Crippen LogP contribution in [-0.2, 0) is 16.4 Å². The highest BCUT2D eigenvalue weighted by Gasteiger charge is 2.14. The van der Waals surface area contributed by atoms with Crippen LogP contribution in [0, 0.1) is 0 Å². The topological polar surface area (TPSA) is 72.1 Å². The van der Waals surface area contributed by atoms with Gasteiger partial charge in [-0.05, 0) is 35.9 Å². The Bertz CT molecular complexity index is 1200. The Kier molecular flexibility index (Phi) is 4.41. The van der Waals surface area contributed by atoms with Gasteiger partial charge in [0.2, 0.25) is 0 Å². The highest BCUT2D eigenvalue weighted by atomic mass is 32.2. The number of imidazole rings is 1. The van der Waals surface area contributed by atoms with Crippen molar-refractivity contribution in [1.29, 1.82) is 0 Å². The fourth-order valence-electron chi connectivity index (χ4n) is 3.00. The summed E-state index contributed by atoms with van der Waals surface area (Å²) in [5.74, 6) is 1.49. The van der Waals surface area contributed by atoms with Gasteiger partial charge in [-0.3, -0.25) is 0 Å². The maximum absolute atomic E-state index is 12.1. The molecule has 0 bridgehead atoms. The summed E-state index contributed by atoms with van der Waals surface area (Å²) in [6.07, 6.45) is 1.22. The van der Waals surface area contributed by atoms with Crippen molar-refractivity contribution in [2.24, 2.45) is 0 Å². The van der Waals surface area contributed by atoms with Gasteiger partial charge in [0, 0.05) is 11.8 Å². The van der Waals surface area contributed by atoms with Crippen LogP contribution in [0.25, 0.3) is 22.2 Å².